The van der Waals surface area contributed by atoms with E-state index in [0.717, 1.165) is 51.7 Å². The quantitative estimate of drug-likeness (QED) is 0.516. The van der Waals surface area contributed by atoms with Crippen LogP contribution in [0.4, 0.5) is 11.4 Å². The highest BCUT2D eigenvalue weighted by Gasteiger charge is 2.35. The Kier molecular flexibility index (Phi) is 3.72. The van der Waals surface area contributed by atoms with Crippen LogP contribution in [0, 0.1) is 10.1 Å². The summed E-state index contributed by atoms with van der Waals surface area (Å²) in [6, 6.07) is 14.0. The maximum Gasteiger partial charge on any atom is 0.269 e. The van der Waals surface area contributed by atoms with Crippen molar-refractivity contribution < 1.29 is 9.72 Å². The van der Waals surface area contributed by atoms with Crippen molar-refractivity contribution in [1.82, 2.24) is 4.98 Å². The number of allylic oxidation sites excluding steroid dienone is 1. The first-order chi connectivity index (χ1) is 13.6. The number of anilines is 1. The molecular formula is C22H17N3O3. The highest BCUT2D eigenvalue weighted by molar-refractivity contribution is 6.12. The summed E-state index contributed by atoms with van der Waals surface area (Å²) in [5, 5.41) is 15.7. The second-order valence-corrected chi connectivity index (χ2v) is 7.16. The number of carbonyl (C=O) groups excluding carboxylic acids is 1. The molecule has 1 N–H and O–H groups in total. The van der Waals surface area contributed by atoms with Gasteiger partial charge in [-0.05, 0) is 42.2 Å². The van der Waals surface area contributed by atoms with Crippen LogP contribution < -0.4 is 5.32 Å². The molecule has 0 saturated heterocycles. The zero-order valence-corrected chi connectivity index (χ0v) is 15.0. The smallest absolute Gasteiger partial charge is 0.269 e. The Morgan fingerprint density at radius 2 is 2.00 bits per heavy atom. The van der Waals surface area contributed by atoms with Gasteiger partial charge in [0.2, 0.25) is 0 Å². The first-order valence-corrected chi connectivity index (χ1v) is 9.29. The van der Waals surface area contributed by atoms with Crippen molar-refractivity contribution in [3.05, 3.63) is 81.5 Å². The molecule has 5 rings (SSSR count). The highest BCUT2D eigenvalue weighted by atomic mass is 16.6. The van der Waals surface area contributed by atoms with Crippen molar-refractivity contribution in [2.24, 2.45) is 0 Å². The maximum atomic E-state index is 12.9. The number of hydrogen-bond acceptors (Lipinski definition) is 5. The molecule has 1 aliphatic heterocycles. The van der Waals surface area contributed by atoms with E-state index in [4.69, 9.17) is 0 Å². The Morgan fingerprint density at radius 1 is 1.11 bits per heavy atom. The van der Waals surface area contributed by atoms with Gasteiger partial charge in [0, 0.05) is 47.0 Å². The van der Waals surface area contributed by atoms with Crippen LogP contribution in [-0.2, 0) is 4.79 Å². The molecule has 0 amide bonds. The second kappa shape index (κ2) is 6.27. The third kappa shape index (κ3) is 2.49. The van der Waals surface area contributed by atoms with Gasteiger partial charge in [-0.25, -0.2) is 0 Å². The number of pyridine rings is 1. The van der Waals surface area contributed by atoms with Crippen molar-refractivity contribution in [1.29, 1.82) is 0 Å². The molecule has 2 aromatic carbocycles. The molecule has 1 aromatic heterocycles. The normalized spacial score (nSPS) is 18.4. The number of Topliss-reactive ketones (excluding diaryl/α,β-unsaturated/α-hetero) is 1. The summed E-state index contributed by atoms with van der Waals surface area (Å²) in [5.74, 6) is 0.108. The van der Waals surface area contributed by atoms with Crippen molar-refractivity contribution in [3.63, 3.8) is 0 Å². The molecule has 1 atom stereocenters. The Hall–Kier alpha value is -3.54. The predicted octanol–water partition coefficient (Wildman–Crippen LogP) is 4.82. The van der Waals surface area contributed by atoms with Crippen molar-refractivity contribution in [2.75, 3.05) is 5.32 Å². The number of non-ortho nitro benzene ring substituents is 1. The van der Waals surface area contributed by atoms with Crippen molar-refractivity contribution in [2.45, 2.75) is 25.3 Å². The fourth-order valence-electron chi connectivity index (χ4n) is 4.35. The Morgan fingerprint density at radius 3 is 2.86 bits per heavy atom. The molecule has 0 saturated carbocycles. The molecule has 0 bridgehead atoms. The number of nitro groups is 1. The van der Waals surface area contributed by atoms with Gasteiger partial charge in [0.05, 0.1) is 16.5 Å². The number of fused-ring (bicyclic) bond motifs is 4. The van der Waals surface area contributed by atoms with Gasteiger partial charge in [0.25, 0.3) is 5.69 Å². The van der Waals surface area contributed by atoms with E-state index in [2.05, 4.69) is 10.3 Å². The Labute approximate surface area is 161 Å². The largest absolute Gasteiger partial charge is 0.373 e. The number of carbonyl (C=O) groups is 1. The van der Waals surface area contributed by atoms with Crippen LogP contribution in [0.25, 0.3) is 16.5 Å². The fourth-order valence-corrected chi connectivity index (χ4v) is 4.35. The van der Waals surface area contributed by atoms with Gasteiger partial charge in [0.1, 0.15) is 0 Å². The lowest BCUT2D eigenvalue weighted by molar-refractivity contribution is -0.384. The van der Waals surface area contributed by atoms with Gasteiger partial charge in [0.15, 0.2) is 5.78 Å². The maximum absolute atomic E-state index is 12.9. The molecule has 1 unspecified atom stereocenters. The minimum Gasteiger partial charge on any atom is -0.373 e. The number of nitrogens with one attached hydrogen (secondary N) is 1. The fraction of sp³-hybridized carbons (Fsp3) is 0.182. The molecule has 0 fully saturated rings. The molecular weight excluding hydrogens is 354 g/mol. The van der Waals surface area contributed by atoms with Gasteiger partial charge in [-0.2, -0.15) is 0 Å². The second-order valence-electron chi connectivity index (χ2n) is 7.16. The van der Waals surface area contributed by atoms with E-state index in [0.29, 0.717) is 6.42 Å². The summed E-state index contributed by atoms with van der Waals surface area (Å²) in [5.41, 5.74) is 5.39. The number of aromatic nitrogens is 1. The lowest BCUT2D eigenvalue weighted by atomic mass is 9.77. The van der Waals surface area contributed by atoms with Crippen LogP contribution in [0.3, 0.4) is 0 Å². The van der Waals surface area contributed by atoms with Crippen LogP contribution in [0.2, 0.25) is 0 Å². The zero-order chi connectivity index (χ0) is 19.3. The van der Waals surface area contributed by atoms with Gasteiger partial charge in [-0.15, -0.1) is 0 Å². The minimum absolute atomic E-state index is 0.0261. The van der Waals surface area contributed by atoms with Crippen LogP contribution in [-0.4, -0.2) is 15.7 Å². The number of nitro benzene ring substituents is 1. The first kappa shape index (κ1) is 16.6. The van der Waals surface area contributed by atoms with Crippen molar-refractivity contribution >= 4 is 33.6 Å². The molecule has 0 radical (unpaired) electrons. The molecule has 3 aromatic rings. The van der Waals surface area contributed by atoms with E-state index in [-0.39, 0.29) is 17.5 Å². The number of rotatable bonds is 2. The third-order valence-electron chi connectivity index (χ3n) is 5.55. The standard InChI is InChI=1S/C22H17N3O3/c26-19-8-2-6-16-20-15-7-3-11-23-17(15)9-10-18(20)24-22(21(16)19)13-4-1-5-14(12-13)25(27)28/h1,3-5,7,9-12,22,24H,2,6,8H2. The molecule has 28 heavy (non-hydrogen) atoms. The summed E-state index contributed by atoms with van der Waals surface area (Å²) in [6.07, 6.45) is 3.90. The summed E-state index contributed by atoms with van der Waals surface area (Å²) < 4.78 is 0. The molecule has 2 aliphatic rings. The van der Waals surface area contributed by atoms with Crippen LogP contribution >= 0.6 is 0 Å². The first-order valence-electron chi connectivity index (χ1n) is 9.29. The molecule has 138 valence electrons. The molecule has 0 spiro atoms. The molecule has 6 nitrogen and oxygen atoms in total. The SMILES string of the molecule is O=C1CCCC2=C1C(c1cccc([N+](=O)[O-])c1)Nc1ccc3ncccc3c12. The molecule has 6 heteroatoms. The summed E-state index contributed by atoms with van der Waals surface area (Å²) >= 11 is 0. The van der Waals surface area contributed by atoms with E-state index in [1.807, 2.05) is 30.3 Å². The molecule has 2 heterocycles. The Balaban J connectivity index is 1.76. The van der Waals surface area contributed by atoms with Crippen LogP contribution in [0.1, 0.15) is 36.4 Å². The van der Waals surface area contributed by atoms with E-state index < -0.39 is 4.92 Å². The number of hydrogen-bond donors (Lipinski definition) is 1. The lowest BCUT2D eigenvalue weighted by Gasteiger charge is -2.35. The topological polar surface area (TPSA) is 85.1 Å². The summed E-state index contributed by atoms with van der Waals surface area (Å²) in [4.78, 5) is 28.2. The average molecular weight is 371 g/mol. The van der Waals surface area contributed by atoms with E-state index in [9.17, 15) is 14.9 Å². The number of benzene rings is 2. The summed E-state index contributed by atoms with van der Waals surface area (Å²) in [7, 11) is 0. The van der Waals surface area contributed by atoms with Gasteiger partial charge >= 0.3 is 0 Å². The number of ketones is 1. The minimum atomic E-state index is -0.405. The van der Waals surface area contributed by atoms with E-state index in [1.54, 1.807) is 18.3 Å². The number of nitrogens with zero attached hydrogens (tertiary/aromatic N) is 2. The van der Waals surface area contributed by atoms with Gasteiger partial charge in [-0.1, -0.05) is 18.2 Å². The third-order valence-corrected chi connectivity index (χ3v) is 5.55. The lowest BCUT2D eigenvalue weighted by Crippen LogP contribution is -2.27. The Bertz CT molecular complexity index is 1180. The van der Waals surface area contributed by atoms with E-state index in [1.165, 1.54) is 6.07 Å². The average Bonchev–Trinajstić information content (AvgIpc) is 2.73. The monoisotopic (exact) mass is 371 g/mol. The highest BCUT2D eigenvalue weighted by Crippen LogP contribution is 2.47. The van der Waals surface area contributed by atoms with Crippen molar-refractivity contribution in [3.8, 4) is 0 Å². The van der Waals surface area contributed by atoms with Gasteiger partial charge in [-0.3, -0.25) is 19.9 Å². The van der Waals surface area contributed by atoms with Crippen LogP contribution in [0.15, 0.2) is 60.3 Å². The van der Waals surface area contributed by atoms with Crippen LogP contribution in [0.5, 0.6) is 0 Å². The zero-order valence-electron chi connectivity index (χ0n) is 15.0. The molecule has 1 aliphatic carbocycles. The van der Waals surface area contributed by atoms with Gasteiger partial charge < -0.3 is 5.32 Å². The predicted molar refractivity (Wildman–Crippen MR) is 107 cm³/mol. The summed E-state index contributed by atoms with van der Waals surface area (Å²) in [6.45, 7) is 0. The van der Waals surface area contributed by atoms with E-state index >= 15 is 0 Å².